The fourth-order valence-corrected chi connectivity index (χ4v) is 4.69. The molecule has 5 rings (SSSR count). The summed E-state index contributed by atoms with van der Waals surface area (Å²) in [5, 5.41) is 17.0. The average Bonchev–Trinajstić information content (AvgIpc) is 3.27. The molecule has 1 aromatic rings. The molecule has 0 aromatic carbocycles. The van der Waals surface area contributed by atoms with Crippen molar-refractivity contribution in [3.63, 3.8) is 0 Å². The van der Waals surface area contributed by atoms with Gasteiger partial charge in [-0.15, -0.1) is 0 Å². The summed E-state index contributed by atoms with van der Waals surface area (Å²) >= 11 is 1.70. The Kier molecular flexibility index (Phi) is 3.54. The number of anilines is 1. The van der Waals surface area contributed by atoms with Crippen LogP contribution < -0.4 is 10.3 Å². The van der Waals surface area contributed by atoms with Gasteiger partial charge in [-0.3, -0.25) is 10.0 Å². The summed E-state index contributed by atoms with van der Waals surface area (Å²) in [5.74, 6) is 1.77. The minimum absolute atomic E-state index is 0.102. The zero-order chi connectivity index (χ0) is 17.0. The summed E-state index contributed by atoms with van der Waals surface area (Å²) in [4.78, 5) is 0. The van der Waals surface area contributed by atoms with Crippen molar-refractivity contribution in [3.05, 3.63) is 29.6 Å². The van der Waals surface area contributed by atoms with Crippen LogP contribution in [0.2, 0.25) is 0 Å². The highest BCUT2D eigenvalue weighted by molar-refractivity contribution is 7.96. The third-order valence-corrected chi connectivity index (χ3v) is 5.80. The fraction of sp³-hybridized carbons (Fsp3) is 0.500. The van der Waals surface area contributed by atoms with Gasteiger partial charge in [-0.1, -0.05) is 0 Å². The van der Waals surface area contributed by atoms with Crippen LogP contribution >= 0.6 is 11.9 Å². The molecule has 132 valence electrons. The quantitative estimate of drug-likeness (QED) is 0.799. The van der Waals surface area contributed by atoms with Crippen molar-refractivity contribution in [2.24, 2.45) is 5.10 Å². The van der Waals surface area contributed by atoms with Crippen LogP contribution in [0.1, 0.15) is 13.8 Å². The molecule has 0 saturated carbocycles. The van der Waals surface area contributed by atoms with E-state index in [0.29, 0.717) is 5.94 Å². The molecule has 4 aliphatic heterocycles. The van der Waals surface area contributed by atoms with E-state index in [2.05, 4.69) is 56.1 Å². The van der Waals surface area contributed by atoms with E-state index in [4.69, 9.17) is 4.74 Å². The molecule has 1 N–H and O–H groups in total. The van der Waals surface area contributed by atoms with E-state index in [9.17, 15) is 0 Å². The summed E-state index contributed by atoms with van der Waals surface area (Å²) in [6.07, 6.45) is 6.28. The second-order valence-corrected chi connectivity index (χ2v) is 7.38. The van der Waals surface area contributed by atoms with Crippen LogP contribution in [0.15, 0.2) is 34.7 Å². The minimum atomic E-state index is 0.102. The largest absolute Gasteiger partial charge is 0.366 e. The van der Waals surface area contributed by atoms with Gasteiger partial charge in [-0.25, -0.2) is 4.68 Å². The lowest BCUT2D eigenvalue weighted by molar-refractivity contribution is 0.0701. The van der Waals surface area contributed by atoms with Gasteiger partial charge in [0.05, 0.1) is 37.3 Å². The van der Waals surface area contributed by atoms with Gasteiger partial charge < -0.3 is 10.1 Å². The maximum absolute atomic E-state index is 5.67. The molecule has 9 heteroatoms. The molecule has 0 bridgehead atoms. The Morgan fingerprint density at radius 2 is 2.36 bits per heavy atom. The number of dihydropyridines is 1. The molecule has 0 amide bonds. The lowest BCUT2D eigenvalue weighted by Gasteiger charge is -2.43. The van der Waals surface area contributed by atoms with E-state index in [0.717, 1.165) is 31.1 Å². The highest BCUT2D eigenvalue weighted by atomic mass is 32.2. The first-order valence-corrected chi connectivity index (χ1v) is 9.54. The van der Waals surface area contributed by atoms with Gasteiger partial charge in [0, 0.05) is 30.0 Å². The van der Waals surface area contributed by atoms with Crippen molar-refractivity contribution < 1.29 is 4.74 Å². The number of nitrogens with zero attached hydrogens (tertiary/aromatic N) is 6. The molecule has 4 aliphatic rings. The van der Waals surface area contributed by atoms with Gasteiger partial charge in [0.1, 0.15) is 17.9 Å². The number of rotatable bonds is 2. The van der Waals surface area contributed by atoms with Gasteiger partial charge in [-0.05, 0) is 25.8 Å². The number of hydrogen-bond donors (Lipinski definition) is 1. The zero-order valence-corrected chi connectivity index (χ0v) is 15.1. The number of ether oxygens (including phenoxy) is 1. The monoisotopic (exact) mass is 359 g/mol. The molecule has 0 spiro atoms. The average molecular weight is 359 g/mol. The van der Waals surface area contributed by atoms with Crippen molar-refractivity contribution in [1.82, 2.24) is 24.5 Å². The maximum Gasteiger partial charge on any atom is 0.147 e. The number of hydrazine groups is 1. The third kappa shape index (κ3) is 2.30. The van der Waals surface area contributed by atoms with Crippen LogP contribution in [0.3, 0.4) is 0 Å². The van der Waals surface area contributed by atoms with E-state index in [1.807, 2.05) is 17.1 Å². The topological polar surface area (TPSA) is 61.2 Å². The fourth-order valence-electron chi connectivity index (χ4n) is 3.68. The Bertz CT molecular complexity index is 785. The Balaban J connectivity index is 1.56. The molecule has 0 aliphatic carbocycles. The van der Waals surface area contributed by atoms with Gasteiger partial charge in [0.15, 0.2) is 0 Å². The van der Waals surface area contributed by atoms with Crippen LogP contribution in [-0.2, 0) is 4.74 Å². The second-order valence-electron chi connectivity index (χ2n) is 6.46. The standard InChI is InChI=1S/C16H21N7OS/c1-3-20-16-13(7-19-20)15-12(6-17-16)9-21(14-4-5-18-23(14)15)22-8-11(2)24-10-25-22/h4-7,11,16-17H,3,8-10H2,1-2H3. The molecule has 25 heavy (non-hydrogen) atoms. The van der Waals surface area contributed by atoms with Crippen molar-refractivity contribution in [3.8, 4) is 0 Å². The van der Waals surface area contributed by atoms with Crippen LogP contribution in [0, 0.1) is 0 Å². The molecule has 5 heterocycles. The highest BCUT2D eigenvalue weighted by Gasteiger charge is 2.38. The van der Waals surface area contributed by atoms with E-state index < -0.39 is 0 Å². The second kappa shape index (κ2) is 5.79. The van der Waals surface area contributed by atoms with Crippen LogP contribution in [0.25, 0.3) is 5.70 Å². The lowest BCUT2D eigenvalue weighted by Crippen LogP contribution is -2.50. The van der Waals surface area contributed by atoms with E-state index >= 15 is 0 Å². The Hall–Kier alpha value is -1.97. The number of likely N-dealkylation sites (N-methyl/N-ethyl adjacent to an activating group) is 1. The summed E-state index contributed by atoms with van der Waals surface area (Å²) in [6, 6.07) is 2.08. The van der Waals surface area contributed by atoms with Crippen molar-refractivity contribution in [2.75, 3.05) is 30.6 Å². The molecular weight excluding hydrogens is 338 g/mol. The van der Waals surface area contributed by atoms with Crippen molar-refractivity contribution >= 4 is 29.7 Å². The number of hydrazone groups is 1. The number of fused-ring (bicyclic) bond motifs is 4. The first-order valence-electron chi connectivity index (χ1n) is 8.60. The Labute approximate surface area is 150 Å². The number of hydrogen-bond acceptors (Lipinski definition) is 8. The predicted octanol–water partition coefficient (Wildman–Crippen LogP) is 1.29. The third-order valence-electron chi connectivity index (χ3n) is 4.91. The van der Waals surface area contributed by atoms with Gasteiger partial charge in [-0.2, -0.15) is 14.6 Å². The molecular formula is C16H21N7OS. The summed E-state index contributed by atoms with van der Waals surface area (Å²) in [7, 11) is 0. The molecule has 2 unspecified atom stereocenters. The van der Waals surface area contributed by atoms with Crippen LogP contribution in [0.4, 0.5) is 5.82 Å². The van der Waals surface area contributed by atoms with Gasteiger partial charge in [0.2, 0.25) is 0 Å². The molecule has 1 saturated heterocycles. The summed E-state index contributed by atoms with van der Waals surface area (Å²) in [6.45, 7) is 6.76. The zero-order valence-electron chi connectivity index (χ0n) is 14.3. The molecule has 1 fully saturated rings. The highest BCUT2D eigenvalue weighted by Crippen LogP contribution is 2.39. The first kappa shape index (κ1) is 15.3. The minimum Gasteiger partial charge on any atom is -0.366 e. The predicted molar refractivity (Wildman–Crippen MR) is 98.4 cm³/mol. The SMILES string of the molecule is CCN1N=CC2=C3C(=CNC21)CN(N1CC(C)OCS1)c1ccnn13. The molecule has 2 atom stereocenters. The Morgan fingerprint density at radius 3 is 3.20 bits per heavy atom. The van der Waals surface area contributed by atoms with Gasteiger partial charge >= 0.3 is 0 Å². The van der Waals surface area contributed by atoms with Crippen LogP contribution in [0.5, 0.6) is 0 Å². The van der Waals surface area contributed by atoms with Crippen molar-refractivity contribution in [1.29, 1.82) is 0 Å². The molecule has 8 nitrogen and oxygen atoms in total. The Morgan fingerprint density at radius 1 is 1.44 bits per heavy atom. The molecule has 0 radical (unpaired) electrons. The van der Waals surface area contributed by atoms with E-state index in [-0.39, 0.29) is 12.3 Å². The normalized spacial score (nSPS) is 28.5. The smallest absolute Gasteiger partial charge is 0.147 e. The first-order chi connectivity index (χ1) is 12.3. The van der Waals surface area contributed by atoms with E-state index in [1.165, 1.54) is 11.1 Å². The number of nitrogens with one attached hydrogen (secondary N) is 1. The maximum atomic E-state index is 5.67. The van der Waals surface area contributed by atoms with Crippen LogP contribution in [-0.4, -0.2) is 63.3 Å². The summed E-state index contributed by atoms with van der Waals surface area (Å²) < 4.78 is 10.0. The summed E-state index contributed by atoms with van der Waals surface area (Å²) in [5.41, 5.74) is 3.57. The number of aromatic nitrogens is 2. The lowest BCUT2D eigenvalue weighted by atomic mass is 10.0. The van der Waals surface area contributed by atoms with Crippen molar-refractivity contribution in [2.45, 2.75) is 26.1 Å². The van der Waals surface area contributed by atoms with Gasteiger partial charge in [0.25, 0.3) is 0 Å². The molecule has 1 aromatic heterocycles. The van der Waals surface area contributed by atoms with E-state index in [1.54, 1.807) is 11.9 Å².